The first-order valence-electron chi connectivity index (χ1n) is 6.85. The van der Waals surface area contributed by atoms with Gasteiger partial charge in [-0.25, -0.2) is 4.79 Å². The largest absolute Gasteiger partial charge is 0.444 e. The van der Waals surface area contributed by atoms with Crippen LogP contribution in [-0.4, -0.2) is 29.7 Å². The quantitative estimate of drug-likeness (QED) is 0.738. The molecule has 0 radical (unpaired) electrons. The van der Waals surface area contributed by atoms with Crippen molar-refractivity contribution in [2.75, 3.05) is 13.1 Å². The van der Waals surface area contributed by atoms with Crippen LogP contribution in [0.3, 0.4) is 0 Å². The van der Waals surface area contributed by atoms with Crippen molar-refractivity contribution in [1.29, 1.82) is 0 Å². The smallest absolute Gasteiger partial charge is 0.410 e. The maximum atomic E-state index is 12.0. The molecule has 17 heavy (non-hydrogen) atoms. The lowest BCUT2D eigenvalue weighted by atomic mass is 9.82. The number of carbonyl (C=O) groups excluding carboxylic acids is 1. The first-order valence-corrected chi connectivity index (χ1v) is 6.85. The molecule has 0 aromatic carbocycles. The van der Waals surface area contributed by atoms with Gasteiger partial charge >= 0.3 is 6.09 Å². The van der Waals surface area contributed by atoms with Crippen LogP contribution in [0.5, 0.6) is 0 Å². The molecule has 0 aromatic heterocycles. The molecule has 0 N–H and O–H groups in total. The standard InChI is InChI=1S/C14H27NO2/c1-6-11-8-9-15(10-12(11)7-2)13(16)17-14(3,4)5/h11-12H,6-10H2,1-5H3. The molecule has 0 aromatic rings. The Morgan fingerprint density at radius 3 is 2.29 bits per heavy atom. The van der Waals surface area contributed by atoms with Gasteiger partial charge in [-0.05, 0) is 39.0 Å². The molecule has 1 saturated heterocycles. The summed E-state index contributed by atoms with van der Waals surface area (Å²) in [6.45, 7) is 11.9. The summed E-state index contributed by atoms with van der Waals surface area (Å²) in [6, 6.07) is 0. The predicted molar refractivity (Wildman–Crippen MR) is 70.0 cm³/mol. The van der Waals surface area contributed by atoms with E-state index in [4.69, 9.17) is 4.74 Å². The number of hydrogen-bond acceptors (Lipinski definition) is 2. The van der Waals surface area contributed by atoms with Gasteiger partial charge in [0.2, 0.25) is 0 Å². The third-order valence-electron chi connectivity index (χ3n) is 3.59. The zero-order valence-electron chi connectivity index (χ0n) is 12.0. The van der Waals surface area contributed by atoms with Crippen LogP contribution in [0.2, 0.25) is 0 Å². The van der Waals surface area contributed by atoms with Crippen molar-refractivity contribution >= 4 is 6.09 Å². The fourth-order valence-corrected chi connectivity index (χ4v) is 2.57. The molecular formula is C14H27NO2. The molecule has 1 aliphatic heterocycles. The fourth-order valence-electron chi connectivity index (χ4n) is 2.57. The van der Waals surface area contributed by atoms with Crippen LogP contribution >= 0.6 is 0 Å². The van der Waals surface area contributed by atoms with Gasteiger partial charge in [0.05, 0.1) is 0 Å². The average molecular weight is 241 g/mol. The topological polar surface area (TPSA) is 29.5 Å². The van der Waals surface area contributed by atoms with Crippen molar-refractivity contribution < 1.29 is 9.53 Å². The van der Waals surface area contributed by atoms with E-state index in [1.165, 1.54) is 6.42 Å². The van der Waals surface area contributed by atoms with E-state index in [0.29, 0.717) is 5.92 Å². The van der Waals surface area contributed by atoms with Gasteiger partial charge in [-0.15, -0.1) is 0 Å². The number of rotatable bonds is 2. The number of hydrogen-bond donors (Lipinski definition) is 0. The Hall–Kier alpha value is -0.730. The normalized spacial score (nSPS) is 25.8. The van der Waals surface area contributed by atoms with Gasteiger partial charge in [-0.2, -0.15) is 0 Å². The zero-order chi connectivity index (χ0) is 13.1. The molecule has 0 bridgehead atoms. The minimum absolute atomic E-state index is 0.148. The van der Waals surface area contributed by atoms with Crippen molar-refractivity contribution in [1.82, 2.24) is 4.90 Å². The van der Waals surface area contributed by atoms with E-state index in [-0.39, 0.29) is 11.7 Å². The Bertz CT molecular complexity index is 257. The van der Waals surface area contributed by atoms with E-state index in [2.05, 4.69) is 13.8 Å². The second-order valence-corrected chi connectivity index (χ2v) is 6.05. The van der Waals surface area contributed by atoms with Crippen LogP contribution in [-0.2, 0) is 4.74 Å². The molecule has 0 aliphatic carbocycles. The Labute approximate surface area is 106 Å². The summed E-state index contributed by atoms with van der Waals surface area (Å²) >= 11 is 0. The average Bonchev–Trinajstić information content (AvgIpc) is 2.25. The molecule has 1 aliphatic rings. The molecule has 1 fully saturated rings. The Balaban J connectivity index is 2.54. The minimum Gasteiger partial charge on any atom is -0.444 e. The SMILES string of the molecule is CCC1CCN(C(=O)OC(C)(C)C)CC1CC. The monoisotopic (exact) mass is 241 g/mol. The lowest BCUT2D eigenvalue weighted by Gasteiger charge is -2.38. The van der Waals surface area contributed by atoms with Gasteiger partial charge < -0.3 is 9.64 Å². The zero-order valence-corrected chi connectivity index (χ0v) is 12.0. The molecule has 0 spiro atoms. The maximum absolute atomic E-state index is 12.0. The van der Waals surface area contributed by atoms with Gasteiger partial charge in [0.1, 0.15) is 5.60 Å². The molecule has 3 nitrogen and oxygen atoms in total. The van der Waals surface area contributed by atoms with Gasteiger partial charge in [-0.3, -0.25) is 0 Å². The number of piperidine rings is 1. The number of ether oxygens (including phenoxy) is 1. The molecule has 2 atom stereocenters. The molecular weight excluding hydrogens is 214 g/mol. The Morgan fingerprint density at radius 2 is 1.82 bits per heavy atom. The van der Waals surface area contributed by atoms with Crippen molar-refractivity contribution in [3.63, 3.8) is 0 Å². The van der Waals surface area contributed by atoms with Crippen LogP contribution in [0.1, 0.15) is 53.9 Å². The molecule has 1 rings (SSSR count). The molecule has 100 valence electrons. The van der Waals surface area contributed by atoms with Gasteiger partial charge in [0, 0.05) is 13.1 Å². The number of nitrogens with zero attached hydrogens (tertiary/aromatic N) is 1. The molecule has 1 amide bonds. The highest BCUT2D eigenvalue weighted by Crippen LogP contribution is 2.29. The lowest BCUT2D eigenvalue weighted by Crippen LogP contribution is -2.45. The molecule has 2 unspecified atom stereocenters. The van der Waals surface area contributed by atoms with E-state index in [1.807, 2.05) is 25.7 Å². The van der Waals surface area contributed by atoms with E-state index in [9.17, 15) is 4.79 Å². The highest BCUT2D eigenvalue weighted by atomic mass is 16.6. The Kier molecular flexibility index (Phi) is 4.84. The van der Waals surface area contributed by atoms with Gasteiger partial charge in [-0.1, -0.05) is 26.7 Å². The van der Waals surface area contributed by atoms with Crippen LogP contribution in [0.4, 0.5) is 4.79 Å². The summed E-state index contributed by atoms with van der Waals surface area (Å²) in [5, 5.41) is 0. The molecule has 3 heteroatoms. The lowest BCUT2D eigenvalue weighted by molar-refractivity contribution is 0.00956. The van der Waals surface area contributed by atoms with E-state index < -0.39 is 0 Å². The summed E-state index contributed by atoms with van der Waals surface area (Å²) in [5.41, 5.74) is -0.388. The van der Waals surface area contributed by atoms with E-state index in [0.717, 1.165) is 31.8 Å². The number of carbonyl (C=O) groups is 1. The van der Waals surface area contributed by atoms with E-state index in [1.54, 1.807) is 0 Å². The molecule has 1 heterocycles. The first kappa shape index (κ1) is 14.3. The summed E-state index contributed by atoms with van der Waals surface area (Å²) in [5.74, 6) is 1.42. The highest BCUT2D eigenvalue weighted by Gasteiger charge is 2.31. The van der Waals surface area contributed by atoms with Crippen molar-refractivity contribution in [2.24, 2.45) is 11.8 Å². The second kappa shape index (κ2) is 5.74. The maximum Gasteiger partial charge on any atom is 0.410 e. The van der Waals surface area contributed by atoms with Crippen LogP contribution in [0.25, 0.3) is 0 Å². The summed E-state index contributed by atoms with van der Waals surface area (Å²) < 4.78 is 5.43. The predicted octanol–water partition coefficient (Wildman–Crippen LogP) is 3.68. The van der Waals surface area contributed by atoms with E-state index >= 15 is 0 Å². The van der Waals surface area contributed by atoms with Crippen LogP contribution in [0.15, 0.2) is 0 Å². The van der Waals surface area contributed by atoms with Gasteiger partial charge in [0.15, 0.2) is 0 Å². The summed E-state index contributed by atoms with van der Waals surface area (Å²) in [6.07, 6.45) is 3.35. The second-order valence-electron chi connectivity index (χ2n) is 6.05. The van der Waals surface area contributed by atoms with Crippen molar-refractivity contribution in [3.05, 3.63) is 0 Å². The van der Waals surface area contributed by atoms with Crippen molar-refractivity contribution in [2.45, 2.75) is 59.5 Å². The minimum atomic E-state index is -0.388. The third kappa shape index (κ3) is 4.21. The van der Waals surface area contributed by atoms with Crippen LogP contribution < -0.4 is 0 Å². The van der Waals surface area contributed by atoms with Crippen LogP contribution in [0, 0.1) is 11.8 Å². The Morgan fingerprint density at radius 1 is 1.24 bits per heavy atom. The van der Waals surface area contributed by atoms with Gasteiger partial charge in [0.25, 0.3) is 0 Å². The molecule has 0 saturated carbocycles. The first-order chi connectivity index (χ1) is 7.87. The third-order valence-corrected chi connectivity index (χ3v) is 3.59. The fraction of sp³-hybridized carbons (Fsp3) is 0.929. The summed E-state index contributed by atoms with van der Waals surface area (Å²) in [7, 11) is 0. The summed E-state index contributed by atoms with van der Waals surface area (Å²) in [4.78, 5) is 13.9. The highest BCUT2D eigenvalue weighted by molar-refractivity contribution is 5.68. The number of likely N-dealkylation sites (tertiary alicyclic amines) is 1. The number of amides is 1. The van der Waals surface area contributed by atoms with Crippen molar-refractivity contribution in [3.8, 4) is 0 Å².